The van der Waals surface area contributed by atoms with E-state index >= 15 is 0 Å². The van der Waals surface area contributed by atoms with Crippen molar-refractivity contribution in [1.82, 2.24) is 0 Å². The van der Waals surface area contributed by atoms with Gasteiger partial charge in [0.15, 0.2) is 0 Å². The van der Waals surface area contributed by atoms with E-state index in [0.29, 0.717) is 13.0 Å². The highest BCUT2D eigenvalue weighted by atomic mass is 16.7. The number of hydrogen-bond acceptors (Lipinski definition) is 4. The Morgan fingerprint density at radius 1 is 1.20 bits per heavy atom. The summed E-state index contributed by atoms with van der Waals surface area (Å²) in [5, 5.41) is 0. The summed E-state index contributed by atoms with van der Waals surface area (Å²) in [7, 11) is 0. The molecule has 0 spiro atoms. The van der Waals surface area contributed by atoms with Crippen molar-refractivity contribution < 1.29 is 19.0 Å². The first-order valence-corrected chi connectivity index (χ1v) is 7.15. The highest BCUT2D eigenvalue weighted by Crippen LogP contribution is 2.37. The Bertz CT molecular complexity index is 453. The van der Waals surface area contributed by atoms with Crippen molar-refractivity contribution in [2.45, 2.75) is 45.4 Å². The summed E-state index contributed by atoms with van der Waals surface area (Å²) in [6.45, 7) is 4.69. The van der Waals surface area contributed by atoms with Crippen LogP contribution in [0.3, 0.4) is 0 Å². The number of rotatable bonds is 3. The van der Waals surface area contributed by atoms with E-state index in [4.69, 9.17) is 14.2 Å². The molecule has 0 aromatic heterocycles. The Kier molecular flexibility index (Phi) is 3.76. The van der Waals surface area contributed by atoms with Gasteiger partial charge in [-0.05, 0) is 5.56 Å². The molecule has 2 saturated heterocycles. The molecule has 20 heavy (non-hydrogen) atoms. The van der Waals surface area contributed by atoms with E-state index in [1.54, 1.807) is 0 Å². The number of esters is 1. The zero-order valence-corrected chi connectivity index (χ0v) is 11.8. The second kappa shape index (κ2) is 5.54. The van der Waals surface area contributed by atoms with Crippen LogP contribution in [0.25, 0.3) is 0 Å². The predicted octanol–water partition coefficient (Wildman–Crippen LogP) is 2.52. The second-order valence-electron chi connectivity index (χ2n) is 5.72. The number of carbonyl (C=O) groups is 1. The molecule has 0 unspecified atom stereocenters. The molecule has 2 bridgehead atoms. The molecule has 0 aliphatic carbocycles. The summed E-state index contributed by atoms with van der Waals surface area (Å²) < 4.78 is 17.1. The minimum Gasteiger partial charge on any atom is -0.435 e. The summed E-state index contributed by atoms with van der Waals surface area (Å²) >= 11 is 0. The maximum Gasteiger partial charge on any atom is 0.310 e. The van der Waals surface area contributed by atoms with Crippen LogP contribution in [0.15, 0.2) is 30.3 Å². The molecule has 4 heteroatoms. The smallest absolute Gasteiger partial charge is 0.310 e. The molecule has 2 aliphatic heterocycles. The Balaban J connectivity index is 1.68. The topological polar surface area (TPSA) is 44.8 Å². The number of hydrogen-bond donors (Lipinski definition) is 0. The molecule has 108 valence electrons. The highest BCUT2D eigenvalue weighted by molar-refractivity contribution is 5.70. The van der Waals surface area contributed by atoms with Crippen molar-refractivity contribution in [2.75, 3.05) is 0 Å². The van der Waals surface area contributed by atoms with Gasteiger partial charge in [-0.3, -0.25) is 4.79 Å². The van der Waals surface area contributed by atoms with Crippen molar-refractivity contribution in [1.29, 1.82) is 0 Å². The van der Waals surface area contributed by atoms with Crippen LogP contribution in [-0.4, -0.2) is 24.5 Å². The van der Waals surface area contributed by atoms with Crippen LogP contribution in [-0.2, 0) is 25.6 Å². The maximum atomic E-state index is 11.5. The fraction of sp³-hybridized carbons (Fsp3) is 0.562. The third-order valence-corrected chi connectivity index (χ3v) is 4.26. The normalized spacial score (nSPS) is 36.5. The zero-order chi connectivity index (χ0) is 14.1. The lowest BCUT2D eigenvalue weighted by molar-refractivity contribution is -0.285. The molecule has 4 nitrogen and oxygen atoms in total. The third kappa shape index (κ3) is 2.58. The first-order chi connectivity index (χ1) is 9.65. The van der Waals surface area contributed by atoms with Gasteiger partial charge in [0.25, 0.3) is 0 Å². The second-order valence-corrected chi connectivity index (χ2v) is 5.72. The average Bonchev–Trinajstić information content (AvgIpc) is 2.46. The van der Waals surface area contributed by atoms with Gasteiger partial charge in [0.1, 0.15) is 0 Å². The molecular weight excluding hydrogens is 256 g/mol. The highest BCUT2D eigenvalue weighted by Gasteiger charge is 2.47. The molecule has 0 N–H and O–H groups in total. The number of carbonyl (C=O) groups excluding carboxylic acids is 1. The summed E-state index contributed by atoms with van der Waals surface area (Å²) in [6.07, 6.45) is -0.168. The Morgan fingerprint density at radius 3 is 2.70 bits per heavy atom. The fourth-order valence-electron chi connectivity index (χ4n) is 3.05. The van der Waals surface area contributed by atoms with Gasteiger partial charge < -0.3 is 14.2 Å². The zero-order valence-electron chi connectivity index (χ0n) is 11.8. The Morgan fingerprint density at radius 2 is 1.95 bits per heavy atom. The molecule has 1 aromatic rings. The SMILES string of the molecule is C[C@@H]1[C@@H]2OC(=O)C[C@@H](O2)[C@H](C)[C@@H]1OCc1ccccc1. The van der Waals surface area contributed by atoms with Crippen LogP contribution < -0.4 is 0 Å². The molecule has 2 aliphatic rings. The monoisotopic (exact) mass is 276 g/mol. The van der Waals surface area contributed by atoms with E-state index in [-0.39, 0.29) is 30.0 Å². The average molecular weight is 276 g/mol. The van der Waals surface area contributed by atoms with Crippen molar-refractivity contribution in [3.8, 4) is 0 Å². The summed E-state index contributed by atoms with van der Waals surface area (Å²) in [4.78, 5) is 11.5. The van der Waals surface area contributed by atoms with Gasteiger partial charge in [0.2, 0.25) is 6.29 Å². The van der Waals surface area contributed by atoms with E-state index in [0.717, 1.165) is 5.56 Å². The molecule has 2 heterocycles. The van der Waals surface area contributed by atoms with Gasteiger partial charge in [0.05, 0.1) is 25.2 Å². The molecular formula is C16H20O4. The van der Waals surface area contributed by atoms with Crippen LogP contribution in [0.1, 0.15) is 25.8 Å². The van der Waals surface area contributed by atoms with Crippen LogP contribution in [0.5, 0.6) is 0 Å². The number of benzene rings is 1. The lowest BCUT2D eigenvalue weighted by atomic mass is 9.83. The van der Waals surface area contributed by atoms with Crippen LogP contribution >= 0.6 is 0 Å². The molecule has 1 aromatic carbocycles. The van der Waals surface area contributed by atoms with Gasteiger partial charge in [0, 0.05) is 11.8 Å². The van der Waals surface area contributed by atoms with Crippen LogP contribution in [0, 0.1) is 11.8 Å². The van der Waals surface area contributed by atoms with Crippen molar-refractivity contribution in [2.24, 2.45) is 11.8 Å². The van der Waals surface area contributed by atoms with E-state index in [1.165, 1.54) is 0 Å². The molecule has 0 saturated carbocycles. The Hall–Kier alpha value is -1.39. The Labute approximate surface area is 119 Å². The first-order valence-electron chi connectivity index (χ1n) is 7.15. The minimum atomic E-state index is -0.460. The van der Waals surface area contributed by atoms with Gasteiger partial charge in [-0.25, -0.2) is 0 Å². The summed E-state index contributed by atoms with van der Waals surface area (Å²) in [5.74, 6) is 0.0819. The molecule has 3 rings (SSSR count). The molecule has 0 amide bonds. The largest absolute Gasteiger partial charge is 0.435 e. The van der Waals surface area contributed by atoms with Crippen molar-refractivity contribution in [3.63, 3.8) is 0 Å². The van der Waals surface area contributed by atoms with Crippen LogP contribution in [0.2, 0.25) is 0 Å². The number of fused-ring (bicyclic) bond motifs is 2. The maximum absolute atomic E-state index is 11.5. The van der Waals surface area contributed by atoms with E-state index < -0.39 is 6.29 Å². The van der Waals surface area contributed by atoms with Crippen molar-refractivity contribution in [3.05, 3.63) is 35.9 Å². The van der Waals surface area contributed by atoms with Crippen molar-refractivity contribution >= 4 is 5.97 Å². The van der Waals surface area contributed by atoms with E-state index in [2.05, 4.69) is 19.1 Å². The van der Waals surface area contributed by atoms with Gasteiger partial charge >= 0.3 is 5.97 Å². The number of ether oxygens (including phenoxy) is 3. The lowest BCUT2D eigenvalue weighted by Gasteiger charge is -2.46. The molecule has 2 fully saturated rings. The molecule has 0 radical (unpaired) electrons. The van der Waals surface area contributed by atoms with Gasteiger partial charge in [-0.2, -0.15) is 0 Å². The van der Waals surface area contributed by atoms with E-state index in [1.807, 2.05) is 25.1 Å². The summed E-state index contributed by atoms with van der Waals surface area (Å²) in [5.41, 5.74) is 1.15. The summed E-state index contributed by atoms with van der Waals surface area (Å²) in [6, 6.07) is 10.1. The minimum absolute atomic E-state index is 0.0482. The van der Waals surface area contributed by atoms with Crippen LogP contribution in [0.4, 0.5) is 0 Å². The lowest BCUT2D eigenvalue weighted by Crippen LogP contribution is -2.55. The quantitative estimate of drug-likeness (QED) is 0.796. The predicted molar refractivity (Wildman–Crippen MR) is 72.7 cm³/mol. The van der Waals surface area contributed by atoms with E-state index in [9.17, 15) is 4.79 Å². The van der Waals surface area contributed by atoms with Gasteiger partial charge in [-0.1, -0.05) is 44.2 Å². The fourth-order valence-corrected chi connectivity index (χ4v) is 3.05. The standard InChI is InChI=1S/C16H20O4/c1-10-13-8-14(17)20-16(19-13)11(2)15(10)18-9-12-6-4-3-5-7-12/h3-7,10-11,13,15-16H,8-9H2,1-2H3/t10-,11-,13+,15-,16-/m0/s1. The van der Waals surface area contributed by atoms with Gasteiger partial charge in [-0.15, -0.1) is 0 Å². The third-order valence-electron chi connectivity index (χ3n) is 4.26. The first kappa shape index (κ1) is 13.6. The molecule has 5 atom stereocenters.